The molecule has 0 radical (unpaired) electrons. The van der Waals surface area contributed by atoms with Gasteiger partial charge in [0, 0.05) is 0 Å². The van der Waals surface area contributed by atoms with Crippen LogP contribution >= 0.6 is 0 Å². The summed E-state index contributed by atoms with van der Waals surface area (Å²) in [6.07, 6.45) is -1.18. The van der Waals surface area contributed by atoms with Gasteiger partial charge in [0.15, 0.2) is 0 Å². The fraction of sp³-hybridized carbons (Fsp3) is 0.800. The van der Waals surface area contributed by atoms with Crippen molar-refractivity contribution in [3.8, 4) is 0 Å². The molecule has 0 atom stereocenters. The molecule has 4 nitrogen and oxygen atoms in total. The van der Waals surface area contributed by atoms with Crippen LogP contribution in [0.2, 0.25) is 0 Å². The van der Waals surface area contributed by atoms with Gasteiger partial charge in [0.05, 0.1) is 5.54 Å². The number of hydrogen-bond acceptors (Lipinski definition) is 2. The predicted octanol–water partition coefficient (Wildman–Crippen LogP) is 0.625. The van der Waals surface area contributed by atoms with Crippen LogP contribution in [-0.2, 0) is 11.9 Å². The van der Waals surface area contributed by atoms with Crippen molar-refractivity contribution in [3.05, 3.63) is 0 Å². The van der Waals surface area contributed by atoms with Crippen LogP contribution in [0.3, 0.4) is 0 Å². The van der Waals surface area contributed by atoms with Crippen LogP contribution in [0, 0.1) is 0 Å². The van der Waals surface area contributed by atoms with Gasteiger partial charge in [-0.15, -0.1) is 0 Å². The molecule has 0 aliphatic heterocycles. The van der Waals surface area contributed by atoms with Crippen LogP contribution in [0.15, 0.2) is 0 Å². The van der Waals surface area contributed by atoms with E-state index < -0.39 is 23.5 Å². The molecule has 1 N–H and O–H groups in total. The monoisotopic (exact) mass is 165 g/mol. The average molecular weight is 165 g/mol. The van der Waals surface area contributed by atoms with Crippen molar-refractivity contribution in [1.82, 2.24) is 4.31 Å². The standard InChI is InChI=1S/C5H11NO3S/c1-5(2,3)6(10-9)4(7)8/h10H,1-3H3,(H,7,8). The Balaban J connectivity index is 4.36. The highest BCUT2D eigenvalue weighted by Gasteiger charge is 2.24. The fourth-order valence-electron chi connectivity index (χ4n) is 0.444. The normalized spacial score (nSPS) is 11.1. The minimum atomic E-state index is -1.18. The smallest absolute Gasteiger partial charge is 0.419 e. The lowest BCUT2D eigenvalue weighted by atomic mass is 10.1. The summed E-state index contributed by atoms with van der Waals surface area (Å²) in [6.45, 7) is 5.02. The first kappa shape index (κ1) is 9.42. The first-order valence-electron chi connectivity index (χ1n) is 2.76. The van der Waals surface area contributed by atoms with Crippen molar-refractivity contribution in [3.63, 3.8) is 0 Å². The van der Waals surface area contributed by atoms with Crippen LogP contribution in [0.1, 0.15) is 20.8 Å². The summed E-state index contributed by atoms with van der Waals surface area (Å²) < 4.78 is 11.0. The summed E-state index contributed by atoms with van der Waals surface area (Å²) >= 11 is -0.483. The molecule has 0 saturated heterocycles. The molecule has 0 heterocycles. The van der Waals surface area contributed by atoms with Gasteiger partial charge >= 0.3 is 6.09 Å². The lowest BCUT2D eigenvalue weighted by molar-refractivity contribution is 0.150. The molecule has 0 rings (SSSR count). The molecule has 0 unspecified atom stereocenters. The van der Waals surface area contributed by atoms with Crippen molar-refractivity contribution >= 4 is 17.9 Å². The Hall–Kier alpha value is -0.580. The van der Waals surface area contributed by atoms with Crippen LogP contribution < -0.4 is 0 Å². The Kier molecular flexibility index (Phi) is 2.83. The van der Waals surface area contributed by atoms with Gasteiger partial charge in [0.25, 0.3) is 0 Å². The molecule has 0 saturated carbocycles. The van der Waals surface area contributed by atoms with E-state index in [-0.39, 0.29) is 0 Å². The van der Waals surface area contributed by atoms with E-state index in [1.165, 1.54) is 0 Å². The maximum atomic E-state index is 10.3. The van der Waals surface area contributed by atoms with Crippen molar-refractivity contribution in [2.24, 2.45) is 0 Å². The van der Waals surface area contributed by atoms with Crippen LogP contribution in [-0.4, -0.2) is 25.3 Å². The van der Waals surface area contributed by atoms with E-state index >= 15 is 0 Å². The highest BCUT2D eigenvalue weighted by Crippen LogP contribution is 2.11. The predicted molar refractivity (Wildman–Crippen MR) is 39.2 cm³/mol. The van der Waals surface area contributed by atoms with Crippen molar-refractivity contribution in [1.29, 1.82) is 0 Å². The van der Waals surface area contributed by atoms with Gasteiger partial charge in [0.1, 0.15) is 11.9 Å². The number of rotatable bonds is 1. The molecule has 0 bridgehead atoms. The number of thiol groups is 1. The zero-order chi connectivity index (χ0) is 8.36. The highest BCUT2D eigenvalue weighted by atomic mass is 32.2. The van der Waals surface area contributed by atoms with Crippen molar-refractivity contribution in [2.75, 3.05) is 0 Å². The Morgan fingerprint density at radius 3 is 1.90 bits per heavy atom. The molecule has 0 aromatic rings. The summed E-state index contributed by atoms with van der Waals surface area (Å²) in [4.78, 5) is 10.3. The molecular weight excluding hydrogens is 154 g/mol. The van der Waals surface area contributed by atoms with Crippen LogP contribution in [0.4, 0.5) is 4.79 Å². The Bertz CT molecular complexity index is 151. The third-order valence-corrected chi connectivity index (χ3v) is 1.83. The molecular formula is C5H11NO3S. The van der Waals surface area contributed by atoms with Gasteiger partial charge in [-0.3, -0.25) is 0 Å². The summed E-state index contributed by atoms with van der Waals surface area (Å²) in [5.41, 5.74) is -0.602. The molecule has 5 heteroatoms. The van der Waals surface area contributed by atoms with Gasteiger partial charge in [0.2, 0.25) is 0 Å². The molecule has 0 aliphatic carbocycles. The van der Waals surface area contributed by atoms with Gasteiger partial charge in [-0.2, -0.15) is 0 Å². The minimum absolute atomic E-state index is 0.483. The van der Waals surface area contributed by atoms with Crippen LogP contribution in [0.5, 0.6) is 0 Å². The second kappa shape index (κ2) is 3.01. The highest BCUT2D eigenvalue weighted by molar-refractivity contribution is 7.63. The number of carboxylic acid groups (broad SMARTS) is 1. The summed E-state index contributed by atoms with van der Waals surface area (Å²) in [6, 6.07) is 0. The summed E-state index contributed by atoms with van der Waals surface area (Å²) in [5, 5.41) is 8.43. The van der Waals surface area contributed by atoms with Crippen molar-refractivity contribution in [2.45, 2.75) is 26.3 Å². The molecule has 0 aromatic heterocycles. The zero-order valence-corrected chi connectivity index (χ0v) is 7.05. The van der Waals surface area contributed by atoms with E-state index in [0.717, 1.165) is 4.31 Å². The van der Waals surface area contributed by atoms with E-state index in [1.54, 1.807) is 20.8 Å². The van der Waals surface area contributed by atoms with E-state index in [2.05, 4.69) is 0 Å². The van der Waals surface area contributed by atoms with Crippen LogP contribution in [0.25, 0.3) is 0 Å². The zero-order valence-electron chi connectivity index (χ0n) is 6.16. The number of hydrogen-bond donors (Lipinski definition) is 2. The fourth-order valence-corrected chi connectivity index (χ4v) is 0.759. The SMILES string of the molecule is CC(C)(C)N([SH]=O)C(=O)O. The maximum absolute atomic E-state index is 10.3. The van der Waals surface area contributed by atoms with E-state index in [1.807, 2.05) is 0 Å². The van der Waals surface area contributed by atoms with E-state index in [9.17, 15) is 9.00 Å². The number of carbonyl (C=O) groups is 1. The quantitative estimate of drug-likeness (QED) is 0.560. The lowest BCUT2D eigenvalue weighted by Crippen LogP contribution is -2.41. The maximum Gasteiger partial charge on any atom is 0.419 e. The second-order valence-corrected chi connectivity index (χ2v) is 3.41. The molecule has 1 amide bonds. The van der Waals surface area contributed by atoms with Gasteiger partial charge in [-0.25, -0.2) is 13.3 Å². The van der Waals surface area contributed by atoms with Gasteiger partial charge in [-0.05, 0) is 20.8 Å². The van der Waals surface area contributed by atoms with E-state index in [4.69, 9.17) is 5.11 Å². The minimum Gasteiger partial charge on any atom is -0.464 e. The molecule has 0 spiro atoms. The number of amides is 1. The van der Waals surface area contributed by atoms with Gasteiger partial charge < -0.3 is 5.11 Å². The molecule has 0 aromatic carbocycles. The first-order valence-corrected chi connectivity index (χ1v) is 3.52. The molecule has 10 heavy (non-hydrogen) atoms. The van der Waals surface area contributed by atoms with Crippen molar-refractivity contribution < 1.29 is 14.1 Å². The average Bonchev–Trinajstić information content (AvgIpc) is 1.60. The molecule has 60 valence electrons. The third kappa shape index (κ3) is 2.34. The topological polar surface area (TPSA) is 57.6 Å². The molecule has 0 fully saturated rings. The Morgan fingerprint density at radius 1 is 1.50 bits per heavy atom. The first-order chi connectivity index (χ1) is 4.39. The Labute approximate surface area is 63.5 Å². The lowest BCUT2D eigenvalue weighted by Gasteiger charge is -2.26. The summed E-state index contributed by atoms with van der Waals surface area (Å²) in [5.74, 6) is 0. The second-order valence-electron chi connectivity index (χ2n) is 2.85. The Morgan fingerprint density at radius 2 is 1.90 bits per heavy atom. The largest absolute Gasteiger partial charge is 0.464 e. The van der Waals surface area contributed by atoms with Gasteiger partial charge in [-0.1, -0.05) is 0 Å². The van der Waals surface area contributed by atoms with E-state index in [0.29, 0.717) is 0 Å². The third-order valence-electron chi connectivity index (χ3n) is 0.898. The number of nitrogens with zero attached hydrogens (tertiary/aromatic N) is 1. The molecule has 0 aliphatic rings. The summed E-state index contributed by atoms with van der Waals surface area (Å²) in [7, 11) is 0.